The van der Waals surface area contributed by atoms with Gasteiger partial charge >= 0.3 is 57.0 Å². The predicted molar refractivity (Wildman–Crippen MR) is 124 cm³/mol. The fourth-order valence-electron chi connectivity index (χ4n) is 3.43. The fourth-order valence-corrected chi connectivity index (χ4v) is 3.78. The van der Waals surface area contributed by atoms with E-state index in [2.05, 4.69) is 85.4 Å². The Morgan fingerprint density at radius 2 is 1.29 bits per heavy atom. The van der Waals surface area contributed by atoms with Crippen molar-refractivity contribution in [3.63, 3.8) is 0 Å². The Morgan fingerprint density at radius 1 is 0.893 bits per heavy atom. The van der Waals surface area contributed by atoms with Gasteiger partial charge in [0.05, 0.1) is 0 Å². The molecule has 0 N–H and O–H groups in total. The summed E-state index contributed by atoms with van der Waals surface area (Å²) in [7, 11) is 0. The largest absolute Gasteiger partial charge is 0.344 e. The molecule has 169 valence electrons. The molecule has 2 rings (SSSR count). The molecule has 2 saturated carbocycles. The Bertz CT molecular complexity index is 345. The number of hydrogen-bond acceptors (Lipinski definition) is 1. The minimum absolute atomic E-state index is 0.231. The van der Waals surface area contributed by atoms with Crippen LogP contribution in [-0.2, 0) is 20.9 Å². The molecule has 4 atom stereocenters. The van der Waals surface area contributed by atoms with Crippen molar-refractivity contribution in [3.05, 3.63) is 19.8 Å². The minimum Gasteiger partial charge on any atom is -0.344 e. The van der Waals surface area contributed by atoms with Crippen LogP contribution in [0.5, 0.6) is 0 Å². The van der Waals surface area contributed by atoms with E-state index in [4.69, 9.17) is 0 Å². The summed E-state index contributed by atoms with van der Waals surface area (Å²) in [5, 5.41) is 0. The molecule has 2 fully saturated rings. The molecule has 0 spiro atoms. The van der Waals surface area contributed by atoms with Crippen molar-refractivity contribution in [1.82, 2.24) is 0 Å². The summed E-state index contributed by atoms with van der Waals surface area (Å²) in [6.45, 7) is 26.1. The minimum atomic E-state index is 0.231. The van der Waals surface area contributed by atoms with Crippen LogP contribution in [0.1, 0.15) is 108 Å². The number of hydrogen-bond donors (Lipinski definition) is 0. The van der Waals surface area contributed by atoms with Gasteiger partial charge in [-0.2, -0.15) is 31.1 Å². The van der Waals surface area contributed by atoms with Crippen LogP contribution in [0.4, 0.5) is 0 Å². The molecule has 4 unspecified atom stereocenters. The summed E-state index contributed by atoms with van der Waals surface area (Å²) in [6.07, 6.45) is 12.7. The molecule has 0 aromatic heterocycles. The van der Waals surface area contributed by atoms with Gasteiger partial charge in [0.2, 0.25) is 0 Å². The number of rotatable bonds is 2. The van der Waals surface area contributed by atoms with E-state index in [1.165, 1.54) is 25.7 Å². The zero-order valence-corrected chi connectivity index (χ0v) is 23.2. The monoisotopic (exact) mass is 471 g/mol. The predicted octanol–water partition coefficient (Wildman–Crippen LogP) is 8.92. The average molecular weight is 472 g/mol. The number of nitrogens with zero attached hydrogens (tertiary/aromatic N) is 1. The van der Waals surface area contributed by atoms with Gasteiger partial charge in [0.15, 0.2) is 0 Å². The molecule has 2 aliphatic rings. The van der Waals surface area contributed by atoms with Crippen LogP contribution in [0.2, 0.25) is 0 Å². The van der Waals surface area contributed by atoms with Gasteiger partial charge in [0.1, 0.15) is 0 Å². The SMILES string of the molecule is CC1CC[CH-]CC1.CC1[CH-]C(C)C(C)C(C)C1C.CCC(C)(C)[N]=[Nb].[CH2-]CC. The van der Waals surface area contributed by atoms with Crippen molar-refractivity contribution in [2.24, 2.45) is 38.8 Å². The first-order chi connectivity index (χ1) is 13.0. The van der Waals surface area contributed by atoms with Crippen LogP contribution in [0.15, 0.2) is 3.34 Å². The second-order valence-corrected chi connectivity index (χ2v) is 10.3. The maximum Gasteiger partial charge on any atom is -0.0927 e. The van der Waals surface area contributed by atoms with Gasteiger partial charge in [-0.3, -0.25) is 0 Å². The molecule has 1 nitrogen and oxygen atoms in total. The third kappa shape index (κ3) is 14.5. The van der Waals surface area contributed by atoms with Gasteiger partial charge in [-0.05, 0) is 11.8 Å². The molecular formula is C26H52NNb-3. The maximum atomic E-state index is 4.19. The smallest absolute Gasteiger partial charge is 0.0927 e. The standard InChI is InChI=1S/C11H21.C7H13.C5H11N.C3H7.Nb/c1-7-6-8(2)10(4)11(5)9(7)3;1-7-5-3-2-4-6-7;1-4-5(2,3)6;1-3-2;/h6-11H,1-5H3;2,7H,3-6H2,1H3;4H2,1-3H3;1,3H2,2H3;/q2*-1;;-1;. The van der Waals surface area contributed by atoms with Crippen molar-refractivity contribution >= 4 is 0 Å². The summed E-state index contributed by atoms with van der Waals surface area (Å²) < 4.78 is 4.19. The Kier molecular flexibility index (Phi) is 18.9. The normalized spacial score (nSPS) is 30.4. The summed E-state index contributed by atoms with van der Waals surface area (Å²) >= 11 is 1.55. The molecule has 0 bridgehead atoms. The Balaban J connectivity index is 0. The van der Waals surface area contributed by atoms with Crippen molar-refractivity contribution < 1.29 is 20.9 Å². The van der Waals surface area contributed by atoms with E-state index in [1.54, 1.807) is 20.9 Å². The molecule has 0 aromatic rings. The van der Waals surface area contributed by atoms with Crippen LogP contribution in [0.3, 0.4) is 0 Å². The van der Waals surface area contributed by atoms with E-state index in [9.17, 15) is 0 Å². The molecule has 0 radical (unpaired) electrons. The van der Waals surface area contributed by atoms with E-state index in [0.29, 0.717) is 0 Å². The molecule has 2 heteroatoms. The van der Waals surface area contributed by atoms with Crippen LogP contribution in [0.25, 0.3) is 0 Å². The summed E-state index contributed by atoms with van der Waals surface area (Å²) in [6, 6.07) is 0. The van der Waals surface area contributed by atoms with E-state index >= 15 is 0 Å². The molecule has 28 heavy (non-hydrogen) atoms. The Morgan fingerprint density at radius 3 is 1.50 bits per heavy atom. The van der Waals surface area contributed by atoms with Crippen molar-refractivity contribution in [3.8, 4) is 0 Å². The zero-order valence-electron chi connectivity index (χ0n) is 21.0. The second-order valence-electron chi connectivity index (χ2n) is 9.80. The van der Waals surface area contributed by atoms with Gasteiger partial charge in [-0.1, -0.05) is 73.1 Å². The van der Waals surface area contributed by atoms with Crippen LogP contribution in [0, 0.1) is 55.3 Å². The fraction of sp³-hybridized carbons (Fsp3) is 0.885. The molecule has 0 aromatic carbocycles. The van der Waals surface area contributed by atoms with Crippen molar-refractivity contribution in [2.45, 2.75) is 113 Å². The first kappa shape index (κ1) is 30.7. The van der Waals surface area contributed by atoms with E-state index in [0.717, 1.165) is 48.3 Å². The Labute approximate surface area is 192 Å². The topological polar surface area (TPSA) is 12.4 Å². The Hall–Kier alpha value is 0.540. The molecule has 0 heterocycles. The summed E-state index contributed by atoms with van der Waals surface area (Å²) in [5.74, 6) is 5.28. The van der Waals surface area contributed by atoms with Crippen molar-refractivity contribution in [2.75, 3.05) is 0 Å². The van der Waals surface area contributed by atoms with Gasteiger partial charge in [0.25, 0.3) is 0 Å². The van der Waals surface area contributed by atoms with Gasteiger partial charge in [0, 0.05) is 0 Å². The quantitative estimate of drug-likeness (QED) is 0.282. The molecule has 0 saturated heterocycles. The third-order valence-electron chi connectivity index (χ3n) is 6.79. The van der Waals surface area contributed by atoms with E-state index in [-0.39, 0.29) is 5.54 Å². The molecule has 2 aliphatic carbocycles. The first-order valence-electron chi connectivity index (χ1n) is 11.8. The van der Waals surface area contributed by atoms with Gasteiger partial charge in [-0.15, -0.1) is 0 Å². The van der Waals surface area contributed by atoms with Crippen LogP contribution in [-0.4, -0.2) is 5.54 Å². The average Bonchev–Trinajstić information content (AvgIpc) is 2.67. The molecule has 0 aliphatic heterocycles. The van der Waals surface area contributed by atoms with E-state index in [1.807, 2.05) is 6.92 Å². The molecular weight excluding hydrogens is 419 g/mol. The summed E-state index contributed by atoms with van der Waals surface area (Å²) in [4.78, 5) is 0. The van der Waals surface area contributed by atoms with Gasteiger partial charge in [-0.25, -0.2) is 0 Å². The maximum absolute atomic E-state index is 4.19. The first-order valence-corrected chi connectivity index (χ1v) is 12.8. The van der Waals surface area contributed by atoms with Crippen LogP contribution >= 0.6 is 0 Å². The zero-order chi connectivity index (χ0) is 22.3. The summed E-state index contributed by atoms with van der Waals surface area (Å²) in [5.41, 5.74) is 0.231. The second kappa shape index (κ2) is 17.2. The van der Waals surface area contributed by atoms with Gasteiger partial charge < -0.3 is 19.8 Å². The van der Waals surface area contributed by atoms with E-state index < -0.39 is 0 Å². The third-order valence-corrected chi connectivity index (χ3v) is 8.12. The molecule has 0 amide bonds. The van der Waals surface area contributed by atoms with Crippen molar-refractivity contribution in [1.29, 1.82) is 0 Å². The van der Waals surface area contributed by atoms with Crippen LogP contribution < -0.4 is 0 Å².